The maximum absolute atomic E-state index is 12.1. The first kappa shape index (κ1) is 16.1. The van der Waals surface area contributed by atoms with E-state index in [0.29, 0.717) is 15.9 Å². The van der Waals surface area contributed by atoms with Gasteiger partial charge in [0.15, 0.2) is 5.82 Å². The van der Waals surface area contributed by atoms with E-state index in [-0.39, 0.29) is 27.7 Å². The molecule has 1 aromatic heterocycles. The minimum atomic E-state index is -0.398. The van der Waals surface area contributed by atoms with Crippen LogP contribution in [0.4, 0.5) is 0 Å². The summed E-state index contributed by atoms with van der Waals surface area (Å²) in [5.74, 6) is -0.376. The third-order valence-electron chi connectivity index (χ3n) is 3.39. The first-order valence-corrected chi connectivity index (χ1v) is 7.55. The van der Waals surface area contributed by atoms with Crippen molar-refractivity contribution in [2.45, 2.75) is 0 Å². The number of aromatic amines is 1. The number of aliphatic hydroxyl groups excluding tert-OH is 1. The molecule has 0 amide bonds. The summed E-state index contributed by atoms with van der Waals surface area (Å²) in [6, 6.07) is 13.0. The molecule has 0 unspecified atom stereocenters. The number of aliphatic hydroxyl groups is 1. The summed E-state index contributed by atoms with van der Waals surface area (Å²) in [5.41, 5.74) is 0.143. The Morgan fingerprint density at radius 3 is 2.62 bits per heavy atom. The van der Waals surface area contributed by atoms with Gasteiger partial charge in [0.1, 0.15) is 17.4 Å². The maximum atomic E-state index is 12.1. The van der Waals surface area contributed by atoms with Crippen molar-refractivity contribution in [3.8, 4) is 6.07 Å². The third-order valence-corrected chi connectivity index (χ3v) is 4.13. The fourth-order valence-corrected chi connectivity index (χ4v) is 2.51. The largest absolute Gasteiger partial charge is 0.506 e. The first-order chi connectivity index (χ1) is 11.5. The van der Waals surface area contributed by atoms with E-state index in [0.717, 1.165) is 0 Å². The molecule has 0 atom stereocenters. The predicted octanol–water partition coefficient (Wildman–Crippen LogP) is 4.18. The molecular weight excluding hydrogens is 349 g/mol. The van der Waals surface area contributed by atoms with Gasteiger partial charge in [-0.2, -0.15) is 5.26 Å². The van der Waals surface area contributed by atoms with Gasteiger partial charge in [-0.3, -0.25) is 4.79 Å². The number of benzene rings is 2. The van der Waals surface area contributed by atoms with Crippen molar-refractivity contribution in [3.63, 3.8) is 0 Å². The van der Waals surface area contributed by atoms with E-state index in [1.165, 1.54) is 18.2 Å². The Kier molecular flexibility index (Phi) is 4.26. The lowest BCUT2D eigenvalue weighted by Gasteiger charge is -2.06. The number of halogens is 2. The van der Waals surface area contributed by atoms with E-state index < -0.39 is 5.56 Å². The molecule has 24 heavy (non-hydrogen) atoms. The number of H-pyrrole nitrogens is 1. The number of para-hydroxylation sites is 1. The van der Waals surface area contributed by atoms with Crippen molar-refractivity contribution in [1.29, 1.82) is 5.26 Å². The molecule has 0 bridgehead atoms. The molecule has 0 radical (unpaired) electrons. The van der Waals surface area contributed by atoms with Crippen molar-refractivity contribution in [1.82, 2.24) is 9.97 Å². The predicted molar refractivity (Wildman–Crippen MR) is 93.9 cm³/mol. The average Bonchev–Trinajstić information content (AvgIpc) is 2.58. The summed E-state index contributed by atoms with van der Waals surface area (Å²) >= 11 is 11.8. The Morgan fingerprint density at radius 1 is 1.17 bits per heavy atom. The van der Waals surface area contributed by atoms with Crippen molar-refractivity contribution >= 4 is 45.4 Å². The molecule has 0 aliphatic carbocycles. The molecule has 2 aromatic carbocycles. The lowest BCUT2D eigenvalue weighted by Crippen LogP contribution is -2.11. The highest BCUT2D eigenvalue weighted by atomic mass is 35.5. The standard InChI is InChI=1S/C17H9Cl2N3O2/c18-12-6-5-9(7-13(12)19)15(23)11(8-20)16-21-14-4-2-1-3-10(14)17(24)22-16/h1-7,23H,(H,21,22,24). The Bertz CT molecular complexity index is 1080. The number of fused-ring (bicyclic) bond motifs is 1. The molecule has 5 nitrogen and oxygen atoms in total. The van der Waals surface area contributed by atoms with Crippen molar-refractivity contribution in [2.75, 3.05) is 0 Å². The lowest BCUT2D eigenvalue weighted by molar-refractivity contribution is 0.514. The zero-order valence-corrected chi connectivity index (χ0v) is 13.6. The molecule has 3 aromatic rings. The fraction of sp³-hybridized carbons (Fsp3) is 0. The highest BCUT2D eigenvalue weighted by Crippen LogP contribution is 2.28. The van der Waals surface area contributed by atoms with Gasteiger partial charge in [-0.05, 0) is 30.3 Å². The molecule has 0 saturated heterocycles. The van der Waals surface area contributed by atoms with Crippen LogP contribution in [0, 0.1) is 11.3 Å². The topological polar surface area (TPSA) is 89.8 Å². The lowest BCUT2D eigenvalue weighted by atomic mass is 10.1. The van der Waals surface area contributed by atoms with Crippen molar-refractivity contribution < 1.29 is 5.11 Å². The number of rotatable bonds is 2. The monoisotopic (exact) mass is 357 g/mol. The van der Waals surface area contributed by atoms with Gasteiger partial charge in [-0.1, -0.05) is 35.3 Å². The molecular formula is C17H9Cl2N3O2. The minimum Gasteiger partial charge on any atom is -0.506 e. The molecule has 7 heteroatoms. The number of nitrogens with zero attached hydrogens (tertiary/aromatic N) is 2. The zero-order valence-electron chi connectivity index (χ0n) is 12.0. The van der Waals surface area contributed by atoms with Gasteiger partial charge >= 0.3 is 0 Å². The van der Waals surface area contributed by atoms with Crippen LogP contribution in [0.2, 0.25) is 10.0 Å². The second-order valence-electron chi connectivity index (χ2n) is 4.90. The van der Waals surface area contributed by atoms with Crippen molar-refractivity contribution in [3.05, 3.63) is 74.3 Å². The van der Waals surface area contributed by atoms with E-state index >= 15 is 0 Å². The van der Waals surface area contributed by atoms with Crippen LogP contribution in [-0.2, 0) is 0 Å². The second-order valence-corrected chi connectivity index (χ2v) is 5.71. The summed E-state index contributed by atoms with van der Waals surface area (Å²) in [6.07, 6.45) is 0. The van der Waals surface area contributed by atoms with Crippen LogP contribution in [0.5, 0.6) is 0 Å². The van der Waals surface area contributed by atoms with E-state index in [1.807, 2.05) is 6.07 Å². The molecule has 0 fully saturated rings. The molecule has 2 N–H and O–H groups in total. The number of hydrogen-bond acceptors (Lipinski definition) is 4. The number of allylic oxidation sites excluding steroid dienone is 1. The maximum Gasteiger partial charge on any atom is 0.259 e. The normalized spacial score (nSPS) is 11.9. The fourth-order valence-electron chi connectivity index (χ4n) is 2.21. The smallest absolute Gasteiger partial charge is 0.259 e. The van der Waals surface area contributed by atoms with E-state index in [2.05, 4.69) is 9.97 Å². The highest BCUT2D eigenvalue weighted by molar-refractivity contribution is 6.42. The van der Waals surface area contributed by atoms with Crippen LogP contribution < -0.4 is 5.56 Å². The summed E-state index contributed by atoms with van der Waals surface area (Å²) in [4.78, 5) is 18.9. The van der Waals surface area contributed by atoms with Crippen LogP contribution >= 0.6 is 23.2 Å². The Morgan fingerprint density at radius 2 is 1.92 bits per heavy atom. The molecule has 0 aliphatic heterocycles. The van der Waals surface area contributed by atoms with Gasteiger partial charge in [0.2, 0.25) is 0 Å². The van der Waals surface area contributed by atoms with Gasteiger partial charge in [-0.25, -0.2) is 4.98 Å². The summed E-state index contributed by atoms with van der Waals surface area (Å²) < 4.78 is 0. The molecule has 1 heterocycles. The number of nitriles is 1. The Labute approximate surface area is 146 Å². The average molecular weight is 358 g/mol. The number of aromatic nitrogens is 2. The van der Waals surface area contributed by atoms with Crippen LogP contribution in [-0.4, -0.2) is 15.1 Å². The zero-order chi connectivity index (χ0) is 17.3. The Hall–Kier alpha value is -2.81. The van der Waals surface area contributed by atoms with E-state index in [9.17, 15) is 15.2 Å². The van der Waals surface area contributed by atoms with E-state index in [1.54, 1.807) is 24.3 Å². The third kappa shape index (κ3) is 2.85. The van der Waals surface area contributed by atoms with Crippen molar-refractivity contribution in [2.24, 2.45) is 0 Å². The summed E-state index contributed by atoms with van der Waals surface area (Å²) in [6.45, 7) is 0. The summed E-state index contributed by atoms with van der Waals surface area (Å²) in [7, 11) is 0. The number of nitrogens with one attached hydrogen (secondary N) is 1. The van der Waals surface area contributed by atoms with Crippen LogP contribution in [0.25, 0.3) is 22.2 Å². The van der Waals surface area contributed by atoms with Gasteiger partial charge in [0.05, 0.1) is 20.9 Å². The molecule has 3 rings (SSSR count). The molecule has 118 valence electrons. The van der Waals surface area contributed by atoms with Gasteiger partial charge < -0.3 is 10.1 Å². The van der Waals surface area contributed by atoms with E-state index in [4.69, 9.17) is 23.2 Å². The SMILES string of the molecule is N#CC(=C(O)c1ccc(Cl)c(Cl)c1)c1nc2ccccc2c(=O)[nH]1. The van der Waals surface area contributed by atoms with Crippen LogP contribution in [0.1, 0.15) is 11.4 Å². The van der Waals surface area contributed by atoms with Gasteiger partial charge in [-0.15, -0.1) is 0 Å². The molecule has 0 spiro atoms. The second kappa shape index (κ2) is 6.36. The molecule has 0 saturated carbocycles. The van der Waals surface area contributed by atoms with Crippen LogP contribution in [0.3, 0.4) is 0 Å². The van der Waals surface area contributed by atoms with Gasteiger partial charge in [0.25, 0.3) is 5.56 Å². The van der Waals surface area contributed by atoms with Crippen LogP contribution in [0.15, 0.2) is 47.3 Å². The quantitative estimate of drug-likeness (QED) is 0.531. The highest BCUT2D eigenvalue weighted by Gasteiger charge is 2.15. The summed E-state index contributed by atoms with van der Waals surface area (Å²) in [5, 5.41) is 20.8. The number of hydrogen-bond donors (Lipinski definition) is 2. The Balaban J connectivity index is 2.23. The minimum absolute atomic E-state index is 0.0234. The van der Waals surface area contributed by atoms with Gasteiger partial charge in [0, 0.05) is 5.56 Å². The first-order valence-electron chi connectivity index (χ1n) is 6.79. The molecule has 0 aliphatic rings.